The lowest BCUT2D eigenvalue weighted by atomic mass is 9.95. The maximum atomic E-state index is 13.8. The van der Waals surface area contributed by atoms with Crippen molar-refractivity contribution in [3.05, 3.63) is 61.2 Å². The van der Waals surface area contributed by atoms with E-state index < -0.39 is 23.5 Å². The lowest BCUT2D eigenvalue weighted by Crippen LogP contribution is -2.31. The number of aliphatic hydroxyl groups is 1. The van der Waals surface area contributed by atoms with Crippen molar-refractivity contribution in [2.45, 2.75) is 53.5 Å². The SMILES string of the molecule is CCCCOc1ccc(C2C(C(=O)c3sc(C)nc3C)=C(O)C(=O)N2c2nc(C)c(C(C)=O)s2)cc1OC. The standard InChI is InChI=1S/C27H29N3O6S2/c1-7-8-11-36-18-10-9-17(12-19(18)35-6)21-20(22(32)25-14(3)28-16(5)37-25)23(33)26(34)30(21)27-29-13(2)24(38-27)15(4)31/h9-10,12,21,33H,7-8,11H2,1-6H3. The highest BCUT2D eigenvalue weighted by Gasteiger charge is 2.47. The lowest BCUT2D eigenvalue weighted by Gasteiger charge is -2.25. The van der Waals surface area contributed by atoms with Crippen LogP contribution in [0.25, 0.3) is 0 Å². The van der Waals surface area contributed by atoms with E-state index in [0.29, 0.717) is 49.8 Å². The predicted molar refractivity (Wildman–Crippen MR) is 146 cm³/mol. The average molecular weight is 556 g/mol. The largest absolute Gasteiger partial charge is 0.503 e. The number of carbonyl (C=O) groups excluding carboxylic acids is 3. The summed E-state index contributed by atoms with van der Waals surface area (Å²) in [6, 6.07) is 4.13. The van der Waals surface area contributed by atoms with Crippen LogP contribution in [-0.2, 0) is 4.79 Å². The number of ether oxygens (including phenoxy) is 2. The zero-order valence-electron chi connectivity index (χ0n) is 22.1. The third-order valence-corrected chi connectivity index (χ3v) is 8.46. The van der Waals surface area contributed by atoms with Crippen LogP contribution < -0.4 is 14.4 Å². The van der Waals surface area contributed by atoms with Gasteiger partial charge in [-0.3, -0.25) is 19.3 Å². The van der Waals surface area contributed by atoms with Crippen molar-refractivity contribution in [3.63, 3.8) is 0 Å². The van der Waals surface area contributed by atoms with Crippen LogP contribution >= 0.6 is 22.7 Å². The summed E-state index contributed by atoms with van der Waals surface area (Å²) in [5.41, 5.74) is 1.42. The molecule has 2 aromatic heterocycles. The molecule has 0 radical (unpaired) electrons. The van der Waals surface area contributed by atoms with E-state index in [9.17, 15) is 19.5 Å². The number of anilines is 1. The third kappa shape index (κ3) is 4.95. The molecule has 1 amide bonds. The number of hydrogen-bond donors (Lipinski definition) is 1. The average Bonchev–Trinajstić information content (AvgIpc) is 3.51. The zero-order valence-corrected chi connectivity index (χ0v) is 23.7. The summed E-state index contributed by atoms with van der Waals surface area (Å²) in [4.78, 5) is 50.3. The number of ketones is 2. The molecular formula is C27H29N3O6S2. The van der Waals surface area contributed by atoms with Gasteiger partial charge in [0.2, 0.25) is 5.78 Å². The fraction of sp³-hybridized carbons (Fsp3) is 0.370. The normalized spacial score (nSPS) is 15.4. The number of carbonyl (C=O) groups is 3. The Morgan fingerprint density at radius 2 is 1.79 bits per heavy atom. The molecule has 38 heavy (non-hydrogen) atoms. The van der Waals surface area contributed by atoms with Gasteiger partial charge in [-0.25, -0.2) is 9.97 Å². The number of benzene rings is 1. The van der Waals surface area contributed by atoms with Crippen LogP contribution in [0.1, 0.15) is 74.0 Å². The second-order valence-corrected chi connectivity index (χ2v) is 11.1. The first-order chi connectivity index (χ1) is 18.1. The minimum atomic E-state index is -1.01. The topological polar surface area (TPSA) is 119 Å². The molecule has 9 nitrogen and oxygen atoms in total. The molecular weight excluding hydrogens is 526 g/mol. The summed E-state index contributed by atoms with van der Waals surface area (Å²) in [5.74, 6) is -1.16. The van der Waals surface area contributed by atoms with Crippen molar-refractivity contribution in [3.8, 4) is 11.5 Å². The van der Waals surface area contributed by atoms with Crippen LogP contribution in [0.5, 0.6) is 11.5 Å². The lowest BCUT2D eigenvalue weighted by molar-refractivity contribution is -0.117. The van der Waals surface area contributed by atoms with Crippen molar-refractivity contribution in [1.82, 2.24) is 9.97 Å². The Bertz CT molecular complexity index is 1450. The minimum absolute atomic E-state index is 0.0827. The van der Waals surface area contributed by atoms with Crippen LogP contribution in [0.3, 0.4) is 0 Å². The van der Waals surface area contributed by atoms with Crippen LogP contribution in [0, 0.1) is 20.8 Å². The van der Waals surface area contributed by atoms with Crippen LogP contribution in [0.4, 0.5) is 5.13 Å². The number of aryl methyl sites for hydroxylation is 3. The van der Waals surface area contributed by atoms with E-state index in [4.69, 9.17) is 9.47 Å². The van der Waals surface area contributed by atoms with Gasteiger partial charge in [-0.05, 0) is 44.9 Å². The Kier molecular flexibility index (Phi) is 7.98. The van der Waals surface area contributed by atoms with Gasteiger partial charge in [-0.2, -0.15) is 0 Å². The van der Waals surface area contributed by atoms with Gasteiger partial charge in [-0.15, -0.1) is 11.3 Å². The first-order valence-corrected chi connectivity index (χ1v) is 13.8. The summed E-state index contributed by atoms with van der Waals surface area (Å²) < 4.78 is 11.4. The highest BCUT2D eigenvalue weighted by Crippen LogP contribution is 2.46. The fourth-order valence-corrected chi connectivity index (χ4v) is 6.19. The molecule has 1 aliphatic rings. The quantitative estimate of drug-likeness (QED) is 0.250. The molecule has 1 unspecified atom stereocenters. The van der Waals surface area contributed by atoms with E-state index in [2.05, 4.69) is 16.9 Å². The number of thiazole rings is 2. The summed E-state index contributed by atoms with van der Waals surface area (Å²) in [5, 5.41) is 12.0. The Balaban J connectivity index is 1.87. The van der Waals surface area contributed by atoms with Crippen molar-refractivity contribution in [2.75, 3.05) is 18.6 Å². The molecule has 200 valence electrons. The van der Waals surface area contributed by atoms with Crippen molar-refractivity contribution < 1.29 is 29.0 Å². The van der Waals surface area contributed by atoms with Gasteiger partial charge in [-0.1, -0.05) is 30.7 Å². The maximum absolute atomic E-state index is 13.8. The first kappa shape index (κ1) is 27.5. The minimum Gasteiger partial charge on any atom is -0.503 e. The summed E-state index contributed by atoms with van der Waals surface area (Å²) in [6.45, 7) is 9.19. The van der Waals surface area contributed by atoms with Gasteiger partial charge >= 0.3 is 0 Å². The number of aromatic nitrogens is 2. The van der Waals surface area contributed by atoms with Crippen molar-refractivity contribution in [2.24, 2.45) is 0 Å². The second kappa shape index (κ2) is 11.0. The number of rotatable bonds is 10. The van der Waals surface area contributed by atoms with Gasteiger partial charge < -0.3 is 14.6 Å². The highest BCUT2D eigenvalue weighted by atomic mass is 32.1. The molecule has 0 spiro atoms. The van der Waals surface area contributed by atoms with E-state index in [1.807, 2.05) is 0 Å². The number of Topliss-reactive ketones (excluding diaryl/α,β-unsaturated/α-hetero) is 2. The number of hydrogen-bond acceptors (Lipinski definition) is 10. The van der Waals surface area contributed by atoms with Crippen molar-refractivity contribution in [1.29, 1.82) is 0 Å². The predicted octanol–water partition coefficient (Wildman–Crippen LogP) is 5.70. The molecule has 11 heteroatoms. The number of nitrogens with zero attached hydrogens (tertiary/aromatic N) is 3. The summed E-state index contributed by atoms with van der Waals surface area (Å²) >= 11 is 2.24. The molecule has 4 rings (SSSR count). The van der Waals surface area contributed by atoms with Crippen LogP contribution in [0.2, 0.25) is 0 Å². The molecule has 1 aliphatic heterocycles. The number of methoxy groups -OCH3 is 1. The number of amides is 1. The molecule has 0 saturated carbocycles. The zero-order chi connectivity index (χ0) is 27.7. The summed E-state index contributed by atoms with van der Waals surface area (Å²) in [7, 11) is 1.51. The molecule has 1 atom stereocenters. The van der Waals surface area contributed by atoms with E-state index in [0.717, 1.165) is 24.2 Å². The Hall–Kier alpha value is -3.57. The molecule has 0 saturated heterocycles. The molecule has 1 N–H and O–H groups in total. The smallest absolute Gasteiger partial charge is 0.296 e. The molecule has 1 aromatic carbocycles. The van der Waals surface area contributed by atoms with E-state index in [1.165, 1.54) is 30.3 Å². The maximum Gasteiger partial charge on any atom is 0.296 e. The number of aliphatic hydroxyl groups excluding tert-OH is 1. The van der Waals surface area contributed by atoms with Crippen LogP contribution in [-0.4, -0.2) is 46.3 Å². The second-order valence-electron chi connectivity index (χ2n) is 8.90. The Labute approximate surface area is 228 Å². The number of unbranched alkanes of at least 4 members (excludes halogenated alkanes) is 1. The van der Waals surface area contributed by atoms with Gasteiger partial charge in [0.1, 0.15) is 0 Å². The molecule has 0 bridgehead atoms. The van der Waals surface area contributed by atoms with Crippen molar-refractivity contribution >= 4 is 45.3 Å². The molecule has 3 aromatic rings. The Morgan fingerprint density at radius 1 is 1.08 bits per heavy atom. The Morgan fingerprint density at radius 3 is 2.37 bits per heavy atom. The van der Waals surface area contributed by atoms with Gasteiger partial charge in [0.15, 0.2) is 28.2 Å². The first-order valence-electron chi connectivity index (χ1n) is 12.1. The third-order valence-electron chi connectivity index (χ3n) is 6.13. The van der Waals surface area contributed by atoms with E-state index in [-0.39, 0.29) is 16.5 Å². The van der Waals surface area contributed by atoms with E-state index in [1.54, 1.807) is 39.0 Å². The monoisotopic (exact) mass is 555 g/mol. The van der Waals surface area contributed by atoms with E-state index >= 15 is 0 Å². The molecule has 0 fully saturated rings. The summed E-state index contributed by atoms with van der Waals surface area (Å²) in [6.07, 6.45) is 1.85. The molecule has 0 aliphatic carbocycles. The highest BCUT2D eigenvalue weighted by molar-refractivity contribution is 7.18. The molecule has 3 heterocycles. The van der Waals surface area contributed by atoms with Crippen LogP contribution in [0.15, 0.2) is 29.5 Å². The van der Waals surface area contributed by atoms with Gasteiger partial charge in [0.05, 0.1) is 51.5 Å². The van der Waals surface area contributed by atoms with Gasteiger partial charge in [0, 0.05) is 6.92 Å². The fourth-order valence-electron chi connectivity index (χ4n) is 4.33. The van der Waals surface area contributed by atoms with Gasteiger partial charge in [0.25, 0.3) is 5.91 Å².